The first-order valence-corrected chi connectivity index (χ1v) is 19.9. The third-order valence-corrected chi connectivity index (χ3v) is 11.0. The number of aliphatic hydroxyl groups is 4. The lowest BCUT2D eigenvalue weighted by Gasteiger charge is -2.26. The molecule has 3 unspecified atom stereocenters. The first kappa shape index (κ1) is 40.9. The number of nitrogens with one attached hydrogen (secondary N) is 1. The van der Waals surface area contributed by atoms with Crippen LogP contribution in [0.2, 0.25) is 5.02 Å². The van der Waals surface area contributed by atoms with Crippen molar-refractivity contribution in [1.29, 1.82) is 0 Å². The van der Waals surface area contributed by atoms with Crippen molar-refractivity contribution in [2.75, 3.05) is 32.0 Å². The summed E-state index contributed by atoms with van der Waals surface area (Å²) in [6.07, 6.45) is 5.80. The maximum Gasteiger partial charge on any atom is 0.225 e. The zero-order valence-electron chi connectivity index (χ0n) is 30.3. The predicted octanol–water partition coefficient (Wildman–Crippen LogP) is 5.23. The molecule has 2 amide bonds. The maximum atomic E-state index is 13.1. The van der Waals surface area contributed by atoms with Gasteiger partial charge in [-0.1, -0.05) is 29.8 Å². The minimum Gasteiger partial charge on any atom is -0.490 e. The number of aliphatic hydroxyl groups excluding tert-OH is 4. The molecule has 5 rings (SSSR count). The number of hydrogen-bond donors (Lipinski definition) is 5. The zero-order chi connectivity index (χ0) is 37.8. The molecule has 2 fully saturated rings. The van der Waals surface area contributed by atoms with Crippen molar-refractivity contribution in [3.05, 3.63) is 77.1 Å². The van der Waals surface area contributed by atoms with Crippen LogP contribution in [0.15, 0.2) is 65.8 Å². The van der Waals surface area contributed by atoms with Crippen LogP contribution in [0.4, 0.5) is 0 Å². The molecular weight excluding hydrogens is 718 g/mol. The lowest BCUT2D eigenvalue weighted by Crippen LogP contribution is -2.43. The van der Waals surface area contributed by atoms with Crippen molar-refractivity contribution in [1.82, 2.24) is 15.2 Å². The van der Waals surface area contributed by atoms with E-state index >= 15 is 0 Å². The molecule has 11 nitrogen and oxygen atoms in total. The Bertz CT molecular complexity index is 1660. The van der Waals surface area contributed by atoms with E-state index in [9.17, 15) is 24.9 Å². The molecule has 288 valence electrons. The smallest absolute Gasteiger partial charge is 0.225 e. The van der Waals surface area contributed by atoms with Gasteiger partial charge in [-0.15, -0.1) is 11.8 Å². The van der Waals surface area contributed by atoms with Crippen molar-refractivity contribution in [3.8, 4) is 16.9 Å². The number of hydrogen-bond acceptors (Lipinski definition) is 10. The first-order chi connectivity index (χ1) is 25.6. The van der Waals surface area contributed by atoms with Crippen molar-refractivity contribution in [3.63, 3.8) is 0 Å². The Balaban J connectivity index is 1.13. The fourth-order valence-electron chi connectivity index (χ4n) is 6.16. The number of halogens is 1. The van der Waals surface area contributed by atoms with Crippen molar-refractivity contribution in [2.45, 2.75) is 106 Å². The summed E-state index contributed by atoms with van der Waals surface area (Å²) in [5, 5.41) is 42.5. The van der Waals surface area contributed by atoms with Crippen LogP contribution in [-0.4, -0.2) is 98.5 Å². The molecule has 2 saturated carbocycles. The van der Waals surface area contributed by atoms with Crippen LogP contribution >= 0.6 is 23.4 Å². The largest absolute Gasteiger partial charge is 0.490 e. The average molecular weight is 770 g/mol. The second kappa shape index (κ2) is 19.9. The zero-order valence-corrected chi connectivity index (χ0v) is 31.9. The fourth-order valence-corrected chi connectivity index (χ4v) is 7.31. The van der Waals surface area contributed by atoms with E-state index in [1.54, 1.807) is 16.7 Å². The van der Waals surface area contributed by atoms with Crippen molar-refractivity contribution >= 4 is 35.2 Å². The van der Waals surface area contributed by atoms with Gasteiger partial charge < -0.3 is 40.1 Å². The molecule has 0 radical (unpaired) electrons. The van der Waals surface area contributed by atoms with Gasteiger partial charge >= 0.3 is 0 Å². The topological polar surface area (TPSA) is 162 Å². The molecule has 2 aliphatic carbocycles. The fraction of sp³-hybridized carbons (Fsp3) is 0.525. The maximum absolute atomic E-state index is 13.1. The highest BCUT2D eigenvalue weighted by Crippen LogP contribution is 2.53. The number of unbranched alkanes of at least 4 members (excludes halogenated alkanes) is 2. The van der Waals surface area contributed by atoms with Gasteiger partial charge in [0.25, 0.3) is 0 Å². The molecule has 53 heavy (non-hydrogen) atoms. The molecule has 0 saturated heterocycles. The third kappa shape index (κ3) is 12.1. The number of pyridine rings is 1. The first-order valence-electron chi connectivity index (χ1n) is 18.5. The van der Waals surface area contributed by atoms with Crippen LogP contribution in [0.5, 0.6) is 5.75 Å². The van der Waals surface area contributed by atoms with Gasteiger partial charge in [-0.25, -0.2) is 0 Å². The van der Waals surface area contributed by atoms with Gasteiger partial charge in [-0.3, -0.25) is 14.6 Å². The molecule has 0 spiro atoms. The molecule has 2 aliphatic rings. The molecule has 2 aromatic carbocycles. The number of ether oxygens (including phenoxy) is 2. The highest BCUT2D eigenvalue weighted by Gasteiger charge is 2.48. The number of amides is 2. The molecule has 3 atom stereocenters. The summed E-state index contributed by atoms with van der Waals surface area (Å²) in [6, 6.07) is 16.2. The van der Waals surface area contributed by atoms with Gasteiger partial charge in [0, 0.05) is 60.0 Å². The van der Waals surface area contributed by atoms with Crippen LogP contribution < -0.4 is 10.1 Å². The summed E-state index contributed by atoms with van der Waals surface area (Å²) >= 11 is 8.36. The lowest BCUT2D eigenvalue weighted by molar-refractivity contribution is -0.138. The molecule has 3 aromatic rings. The molecule has 1 aromatic heterocycles. The van der Waals surface area contributed by atoms with Crippen LogP contribution in [0.3, 0.4) is 0 Å². The van der Waals surface area contributed by atoms with Gasteiger partial charge in [-0.05, 0) is 98.6 Å². The number of carbonyl (C=O) groups excluding carboxylic acids is 2. The van der Waals surface area contributed by atoms with Crippen LogP contribution in [0.1, 0.15) is 75.8 Å². The van der Waals surface area contributed by atoms with E-state index in [4.69, 9.17) is 26.2 Å². The number of rotatable bonds is 23. The molecular formula is C40H52ClN3O8S. The number of para-hydroxylation sites is 1. The predicted molar refractivity (Wildman–Crippen MR) is 205 cm³/mol. The van der Waals surface area contributed by atoms with Gasteiger partial charge in [0.2, 0.25) is 11.8 Å². The van der Waals surface area contributed by atoms with Gasteiger partial charge in [0.15, 0.2) is 0 Å². The summed E-state index contributed by atoms with van der Waals surface area (Å²) < 4.78 is 12.9. The molecule has 13 heteroatoms. The minimum atomic E-state index is -1.63. The van der Waals surface area contributed by atoms with Gasteiger partial charge in [0.05, 0.1) is 37.4 Å². The van der Waals surface area contributed by atoms with E-state index in [-0.39, 0.29) is 24.3 Å². The summed E-state index contributed by atoms with van der Waals surface area (Å²) in [6.45, 7) is 2.48. The normalized spacial score (nSPS) is 16.4. The van der Waals surface area contributed by atoms with Crippen LogP contribution in [0, 0.1) is 0 Å². The van der Waals surface area contributed by atoms with Crippen LogP contribution in [-0.2, 0) is 26.5 Å². The second-order valence-electron chi connectivity index (χ2n) is 13.9. The summed E-state index contributed by atoms with van der Waals surface area (Å²) in [4.78, 5) is 31.4. The number of nitrogens with zero attached hydrogens (tertiary/aromatic N) is 2. The summed E-state index contributed by atoms with van der Waals surface area (Å²) in [5.41, 5.74) is 3.65. The number of carbonyl (C=O) groups is 2. The number of thioether (sulfide) groups is 1. The Morgan fingerprint density at radius 2 is 1.77 bits per heavy atom. The molecule has 5 N–H and O–H groups in total. The Kier molecular flexibility index (Phi) is 15.4. The molecule has 1 heterocycles. The number of benzene rings is 2. The van der Waals surface area contributed by atoms with E-state index < -0.39 is 30.5 Å². The van der Waals surface area contributed by atoms with Crippen molar-refractivity contribution in [2.24, 2.45) is 0 Å². The van der Waals surface area contributed by atoms with Crippen molar-refractivity contribution < 1.29 is 39.5 Å². The summed E-state index contributed by atoms with van der Waals surface area (Å²) in [5.74, 6) is 1.23. The third-order valence-electron chi connectivity index (χ3n) is 9.56. The van der Waals surface area contributed by atoms with E-state index in [1.807, 2.05) is 48.8 Å². The Morgan fingerprint density at radius 1 is 1.02 bits per heavy atom. The van der Waals surface area contributed by atoms with E-state index in [2.05, 4.69) is 22.4 Å². The Labute approximate surface area is 321 Å². The van der Waals surface area contributed by atoms with E-state index in [0.29, 0.717) is 44.1 Å². The Hall–Kier alpha value is -3.23. The standard InChI is InChI=1S/C40H52ClN3O8S/c1-27(46)43-17-4-5-19-44(38(49)23-35(47)39(50)36(48)25-45)20-6-7-21-53-30-12-13-34(41)28(22-30)26-51-40(15-16-40)33-24-42-18-14-31(33)32-8-2-3-9-37(32)52-29-10-11-29/h2-3,8-9,12-14,18,22,24,29,35-36,39,45,47-48,50H,4-7,10-11,15-17,19-21,23,25-26H2,1H3,(H,43,46). The SMILES string of the molecule is CC(=O)NCCCCN(CCCCSc1ccc(Cl)c(COC2(c3cnccc3-c3ccccc3OC3CC3)CC2)c1)C(=O)CC(O)C(O)C(O)CO. The van der Waals surface area contributed by atoms with Gasteiger partial charge in [-0.2, -0.15) is 0 Å². The molecule has 0 aliphatic heterocycles. The van der Waals surface area contributed by atoms with E-state index in [0.717, 1.165) is 77.2 Å². The average Bonchev–Trinajstić information content (AvgIpc) is 4.11. The lowest BCUT2D eigenvalue weighted by atomic mass is 9.96. The highest BCUT2D eigenvalue weighted by atomic mass is 35.5. The van der Waals surface area contributed by atoms with Gasteiger partial charge in [0.1, 0.15) is 18.0 Å². The number of aromatic nitrogens is 1. The summed E-state index contributed by atoms with van der Waals surface area (Å²) in [7, 11) is 0. The van der Waals surface area contributed by atoms with E-state index in [1.165, 1.54) is 6.92 Å². The van der Waals surface area contributed by atoms with Crippen LogP contribution in [0.25, 0.3) is 11.1 Å². The monoisotopic (exact) mass is 769 g/mol. The second-order valence-corrected chi connectivity index (χ2v) is 15.5. The Morgan fingerprint density at radius 3 is 2.49 bits per heavy atom. The quantitative estimate of drug-likeness (QED) is 0.0638. The highest BCUT2D eigenvalue weighted by molar-refractivity contribution is 7.99. The minimum absolute atomic E-state index is 0.113. The molecule has 0 bridgehead atoms.